The van der Waals surface area contributed by atoms with Gasteiger partial charge in [-0.2, -0.15) is 0 Å². The van der Waals surface area contributed by atoms with E-state index < -0.39 is 5.54 Å². The van der Waals surface area contributed by atoms with Crippen molar-refractivity contribution in [3.63, 3.8) is 0 Å². The van der Waals surface area contributed by atoms with Gasteiger partial charge in [-0.3, -0.25) is 14.7 Å². The maximum absolute atomic E-state index is 13.1. The second-order valence-electron chi connectivity index (χ2n) is 6.05. The van der Waals surface area contributed by atoms with Crippen LogP contribution in [0.3, 0.4) is 0 Å². The van der Waals surface area contributed by atoms with Crippen molar-refractivity contribution in [3.8, 4) is 0 Å². The smallest absolute Gasteiger partial charge is 0.266 e. The Kier molecular flexibility index (Phi) is 3.43. The Morgan fingerprint density at radius 1 is 1.04 bits per heavy atom. The van der Waals surface area contributed by atoms with Crippen molar-refractivity contribution >= 4 is 11.9 Å². The van der Waals surface area contributed by atoms with E-state index in [0.717, 1.165) is 28.1 Å². The van der Waals surface area contributed by atoms with Crippen LogP contribution in [0.2, 0.25) is 0 Å². The molecule has 23 heavy (non-hydrogen) atoms. The number of carbonyl (C=O) groups is 1. The van der Waals surface area contributed by atoms with E-state index in [9.17, 15) is 4.79 Å². The standard InChI is InChI=1S/C18H20N4O/c1-11-6-5-7-14(8-11)18(16(23)22(4)17(19)21-18)15-9-12(2)20-13(3)10-15/h5-10H,1-4H3,(H2,19,21). The molecule has 0 spiro atoms. The number of likely N-dealkylation sites (N-methyl/N-ethyl adjacent to an activating group) is 1. The molecule has 2 N–H and O–H groups in total. The molecule has 0 radical (unpaired) electrons. The number of hydrogen-bond acceptors (Lipinski definition) is 4. The van der Waals surface area contributed by atoms with Gasteiger partial charge in [0, 0.05) is 18.4 Å². The largest absolute Gasteiger partial charge is 0.369 e. The molecule has 0 saturated heterocycles. The Morgan fingerprint density at radius 2 is 1.70 bits per heavy atom. The lowest BCUT2D eigenvalue weighted by Crippen LogP contribution is -2.41. The van der Waals surface area contributed by atoms with Gasteiger partial charge in [0.05, 0.1) is 0 Å². The van der Waals surface area contributed by atoms with Crippen molar-refractivity contribution < 1.29 is 4.79 Å². The third kappa shape index (κ3) is 2.29. The van der Waals surface area contributed by atoms with Crippen LogP contribution in [0.1, 0.15) is 28.1 Å². The summed E-state index contributed by atoms with van der Waals surface area (Å²) in [7, 11) is 1.65. The number of nitrogens with zero attached hydrogens (tertiary/aromatic N) is 3. The van der Waals surface area contributed by atoms with Gasteiger partial charge in [0.1, 0.15) is 0 Å². The molecule has 0 bridgehead atoms. The first-order valence-corrected chi connectivity index (χ1v) is 7.51. The molecule has 2 aromatic rings. The lowest BCUT2D eigenvalue weighted by atomic mass is 9.82. The van der Waals surface area contributed by atoms with Gasteiger partial charge in [-0.25, -0.2) is 4.99 Å². The molecule has 5 nitrogen and oxygen atoms in total. The number of pyridine rings is 1. The van der Waals surface area contributed by atoms with Gasteiger partial charge < -0.3 is 5.73 Å². The topological polar surface area (TPSA) is 71.6 Å². The summed E-state index contributed by atoms with van der Waals surface area (Å²) in [5.74, 6) is 0.0780. The average molecular weight is 308 g/mol. The fourth-order valence-electron chi connectivity index (χ4n) is 3.10. The highest BCUT2D eigenvalue weighted by atomic mass is 16.2. The van der Waals surface area contributed by atoms with E-state index in [1.165, 1.54) is 4.90 Å². The number of aliphatic imine (C=N–C) groups is 1. The molecule has 0 aliphatic carbocycles. The van der Waals surface area contributed by atoms with Gasteiger partial charge in [0.15, 0.2) is 11.5 Å². The van der Waals surface area contributed by atoms with Crippen LogP contribution in [0, 0.1) is 20.8 Å². The Bertz CT molecular complexity index is 807. The van der Waals surface area contributed by atoms with E-state index in [-0.39, 0.29) is 11.9 Å². The molecule has 3 rings (SSSR count). The molecule has 1 aromatic carbocycles. The summed E-state index contributed by atoms with van der Waals surface area (Å²) >= 11 is 0. The Hall–Kier alpha value is -2.69. The van der Waals surface area contributed by atoms with E-state index in [4.69, 9.17) is 5.73 Å². The summed E-state index contributed by atoms with van der Waals surface area (Å²) in [6.07, 6.45) is 0. The normalized spacial score (nSPS) is 20.8. The SMILES string of the molecule is Cc1cccc(C2(c3cc(C)nc(C)c3)N=C(N)N(C)C2=O)c1. The van der Waals surface area contributed by atoms with E-state index in [1.807, 2.05) is 57.2 Å². The highest BCUT2D eigenvalue weighted by Gasteiger charge is 2.49. The number of rotatable bonds is 2. The zero-order chi connectivity index (χ0) is 16.8. The Labute approximate surface area is 135 Å². The van der Waals surface area contributed by atoms with E-state index >= 15 is 0 Å². The van der Waals surface area contributed by atoms with Gasteiger partial charge >= 0.3 is 0 Å². The number of amides is 1. The first-order valence-electron chi connectivity index (χ1n) is 7.51. The van der Waals surface area contributed by atoms with Crippen molar-refractivity contribution in [3.05, 3.63) is 64.5 Å². The first-order chi connectivity index (χ1) is 10.8. The van der Waals surface area contributed by atoms with Crippen molar-refractivity contribution in [1.82, 2.24) is 9.88 Å². The molecule has 1 aromatic heterocycles. The number of nitrogens with two attached hydrogens (primary N) is 1. The van der Waals surface area contributed by atoms with Crippen LogP contribution in [0.25, 0.3) is 0 Å². The molecule has 5 heteroatoms. The van der Waals surface area contributed by atoms with Gasteiger partial charge in [-0.05, 0) is 44.0 Å². The molecule has 1 aliphatic rings. The molecule has 2 heterocycles. The fourth-order valence-corrected chi connectivity index (χ4v) is 3.10. The van der Waals surface area contributed by atoms with Gasteiger partial charge in [0.2, 0.25) is 0 Å². The molecule has 1 aliphatic heterocycles. The highest BCUT2D eigenvalue weighted by molar-refractivity contribution is 6.08. The van der Waals surface area contributed by atoms with E-state index in [2.05, 4.69) is 9.98 Å². The second kappa shape index (κ2) is 5.19. The minimum absolute atomic E-state index is 0.148. The summed E-state index contributed by atoms with van der Waals surface area (Å²) in [6.45, 7) is 5.82. The third-order valence-corrected chi connectivity index (χ3v) is 4.18. The summed E-state index contributed by atoms with van der Waals surface area (Å²) in [5.41, 5.74) is 9.22. The van der Waals surface area contributed by atoms with Crippen LogP contribution >= 0.6 is 0 Å². The van der Waals surface area contributed by atoms with Crippen LogP contribution in [0.5, 0.6) is 0 Å². The molecular formula is C18H20N4O. The zero-order valence-electron chi connectivity index (χ0n) is 13.8. The fraction of sp³-hybridized carbons (Fsp3) is 0.278. The summed E-state index contributed by atoms with van der Waals surface area (Å²) in [5, 5.41) is 0. The number of guanidine groups is 1. The zero-order valence-corrected chi connectivity index (χ0v) is 13.8. The number of aromatic nitrogens is 1. The quantitative estimate of drug-likeness (QED) is 0.923. The highest BCUT2D eigenvalue weighted by Crippen LogP contribution is 2.39. The lowest BCUT2D eigenvalue weighted by Gasteiger charge is -2.27. The van der Waals surface area contributed by atoms with Gasteiger partial charge in [0.25, 0.3) is 5.91 Å². The molecule has 1 atom stereocenters. The minimum atomic E-state index is -1.14. The summed E-state index contributed by atoms with van der Waals surface area (Å²) in [4.78, 5) is 23.5. The third-order valence-electron chi connectivity index (χ3n) is 4.18. The van der Waals surface area contributed by atoms with E-state index in [1.54, 1.807) is 7.05 Å². The van der Waals surface area contributed by atoms with E-state index in [0.29, 0.717) is 0 Å². The van der Waals surface area contributed by atoms with Crippen LogP contribution < -0.4 is 5.73 Å². The van der Waals surface area contributed by atoms with Crippen molar-refractivity contribution in [2.24, 2.45) is 10.7 Å². The molecule has 1 unspecified atom stereocenters. The summed E-state index contributed by atoms with van der Waals surface area (Å²) < 4.78 is 0. The maximum atomic E-state index is 13.1. The van der Waals surface area contributed by atoms with Crippen LogP contribution in [0.4, 0.5) is 0 Å². The first kappa shape index (κ1) is 15.2. The Morgan fingerprint density at radius 3 is 2.22 bits per heavy atom. The number of hydrogen-bond donors (Lipinski definition) is 1. The Balaban J connectivity index is 2.34. The maximum Gasteiger partial charge on any atom is 0.266 e. The molecule has 1 amide bonds. The van der Waals surface area contributed by atoms with Crippen LogP contribution in [-0.2, 0) is 10.3 Å². The van der Waals surface area contributed by atoms with Gasteiger partial charge in [-0.15, -0.1) is 0 Å². The summed E-state index contributed by atoms with van der Waals surface area (Å²) in [6, 6.07) is 11.7. The number of benzene rings is 1. The van der Waals surface area contributed by atoms with Crippen LogP contribution in [0.15, 0.2) is 41.4 Å². The second-order valence-corrected chi connectivity index (χ2v) is 6.05. The molecule has 118 valence electrons. The predicted octanol–water partition coefficient (Wildman–Crippen LogP) is 2.04. The monoisotopic (exact) mass is 308 g/mol. The van der Waals surface area contributed by atoms with Crippen LogP contribution in [-0.4, -0.2) is 28.8 Å². The minimum Gasteiger partial charge on any atom is -0.369 e. The lowest BCUT2D eigenvalue weighted by molar-refractivity contribution is -0.129. The average Bonchev–Trinajstić information content (AvgIpc) is 2.71. The molecule has 0 fully saturated rings. The predicted molar refractivity (Wildman–Crippen MR) is 90.1 cm³/mol. The van der Waals surface area contributed by atoms with Crippen molar-refractivity contribution in [1.29, 1.82) is 0 Å². The van der Waals surface area contributed by atoms with Crippen molar-refractivity contribution in [2.75, 3.05) is 7.05 Å². The van der Waals surface area contributed by atoms with Gasteiger partial charge in [-0.1, -0.05) is 29.8 Å². The molecule has 0 saturated carbocycles. The number of carbonyl (C=O) groups excluding carboxylic acids is 1. The van der Waals surface area contributed by atoms with Crippen molar-refractivity contribution in [2.45, 2.75) is 26.3 Å². The molecular weight excluding hydrogens is 288 g/mol. The number of aryl methyl sites for hydroxylation is 3.